The van der Waals surface area contributed by atoms with E-state index in [0.717, 1.165) is 40.2 Å². The Kier molecular flexibility index (Phi) is 5.47. The number of nitrogens with zero attached hydrogens (tertiary/aromatic N) is 2. The molecule has 8 nitrogen and oxygen atoms in total. The summed E-state index contributed by atoms with van der Waals surface area (Å²) in [4.78, 5) is 43.3. The van der Waals surface area contributed by atoms with Crippen LogP contribution in [0.3, 0.4) is 0 Å². The van der Waals surface area contributed by atoms with Crippen molar-refractivity contribution in [3.8, 4) is 5.75 Å². The molecule has 0 aliphatic heterocycles. The number of thiazole rings is 1. The van der Waals surface area contributed by atoms with Gasteiger partial charge in [0.2, 0.25) is 0 Å². The Hall–Kier alpha value is -3.20. The van der Waals surface area contributed by atoms with Gasteiger partial charge in [0.15, 0.2) is 0 Å². The first-order valence-electron chi connectivity index (χ1n) is 11.5. The second-order valence-corrected chi connectivity index (χ2v) is 11.1. The molecule has 2 aliphatic carbocycles. The zero-order valence-corrected chi connectivity index (χ0v) is 20.2. The van der Waals surface area contributed by atoms with Gasteiger partial charge in [-0.1, -0.05) is 12.1 Å². The standard InChI is InChI=1S/C25H27N3O5S/c1-25(2,3)33-18(29)11-26-23(31)20-22(30)19-13-8-9-14(10-13)21(19)28(24(20)32)12-17-27-15-6-4-5-7-16(15)34-17/h4-7,13-14,30H,8-12H2,1-3H3,(H,26,31). The van der Waals surface area contributed by atoms with Gasteiger partial charge in [-0.05, 0) is 58.1 Å². The van der Waals surface area contributed by atoms with E-state index in [4.69, 9.17) is 4.74 Å². The molecule has 2 heterocycles. The average Bonchev–Trinajstić information content (AvgIpc) is 3.48. The molecular weight excluding hydrogens is 454 g/mol. The van der Waals surface area contributed by atoms with Crippen LogP contribution >= 0.6 is 11.3 Å². The second-order valence-electron chi connectivity index (χ2n) is 9.97. The third kappa shape index (κ3) is 3.98. The first-order chi connectivity index (χ1) is 16.1. The Morgan fingerprint density at radius 2 is 1.97 bits per heavy atom. The molecular formula is C25H27N3O5S. The van der Waals surface area contributed by atoms with E-state index in [1.165, 1.54) is 11.3 Å². The number of aromatic nitrogens is 2. The molecule has 34 heavy (non-hydrogen) atoms. The molecule has 2 N–H and O–H groups in total. The molecule has 2 aromatic heterocycles. The Balaban J connectivity index is 1.52. The molecule has 2 atom stereocenters. The van der Waals surface area contributed by atoms with Crippen LogP contribution in [0.2, 0.25) is 0 Å². The van der Waals surface area contributed by atoms with Crippen LogP contribution in [0.4, 0.5) is 0 Å². The van der Waals surface area contributed by atoms with Gasteiger partial charge >= 0.3 is 5.97 Å². The van der Waals surface area contributed by atoms with Gasteiger partial charge in [0.1, 0.15) is 28.5 Å². The van der Waals surface area contributed by atoms with Crippen LogP contribution in [0.25, 0.3) is 10.2 Å². The third-order valence-corrected chi connectivity index (χ3v) is 7.44. The minimum atomic E-state index is -0.781. The van der Waals surface area contributed by atoms with Gasteiger partial charge in [0.25, 0.3) is 11.5 Å². The van der Waals surface area contributed by atoms with Gasteiger partial charge < -0.3 is 19.7 Å². The Morgan fingerprint density at radius 1 is 1.24 bits per heavy atom. The molecule has 0 spiro atoms. The van der Waals surface area contributed by atoms with Crippen molar-refractivity contribution in [2.45, 2.75) is 64.0 Å². The Labute approximate surface area is 200 Å². The summed E-state index contributed by atoms with van der Waals surface area (Å²) >= 11 is 1.51. The van der Waals surface area contributed by atoms with Crippen LogP contribution in [0.15, 0.2) is 29.1 Å². The van der Waals surface area contributed by atoms with Crippen molar-refractivity contribution in [2.75, 3.05) is 6.54 Å². The van der Waals surface area contributed by atoms with E-state index in [9.17, 15) is 19.5 Å². The van der Waals surface area contributed by atoms with Crippen molar-refractivity contribution in [3.05, 3.63) is 56.4 Å². The van der Waals surface area contributed by atoms with E-state index >= 15 is 0 Å². The summed E-state index contributed by atoms with van der Waals surface area (Å²) in [6.45, 7) is 5.03. The van der Waals surface area contributed by atoms with Crippen molar-refractivity contribution >= 4 is 33.4 Å². The molecule has 0 saturated heterocycles. The largest absolute Gasteiger partial charge is 0.507 e. The summed E-state index contributed by atoms with van der Waals surface area (Å²) in [6.07, 6.45) is 2.75. The maximum Gasteiger partial charge on any atom is 0.325 e. The molecule has 1 aromatic carbocycles. The van der Waals surface area contributed by atoms with E-state index in [1.807, 2.05) is 24.3 Å². The number of para-hydroxylation sites is 1. The fourth-order valence-electron chi connectivity index (χ4n) is 5.18. The summed E-state index contributed by atoms with van der Waals surface area (Å²) in [5.41, 5.74) is 0.797. The minimum Gasteiger partial charge on any atom is -0.507 e. The van der Waals surface area contributed by atoms with Gasteiger partial charge in [-0.25, -0.2) is 4.98 Å². The van der Waals surface area contributed by atoms with Crippen molar-refractivity contribution in [1.82, 2.24) is 14.9 Å². The number of esters is 1. The monoisotopic (exact) mass is 481 g/mol. The zero-order chi connectivity index (χ0) is 24.2. The molecule has 9 heteroatoms. The SMILES string of the molecule is CC(C)(C)OC(=O)CNC(=O)c1c(O)c2c(n(Cc3nc4ccccc4s3)c1=O)C1CCC2C1. The lowest BCUT2D eigenvalue weighted by Crippen LogP contribution is -2.39. The van der Waals surface area contributed by atoms with Crippen LogP contribution in [0, 0.1) is 0 Å². The lowest BCUT2D eigenvalue weighted by molar-refractivity contribution is -0.153. The number of hydrogen-bond donors (Lipinski definition) is 2. The Morgan fingerprint density at radius 3 is 2.71 bits per heavy atom. The predicted molar refractivity (Wildman–Crippen MR) is 129 cm³/mol. The number of hydrogen-bond acceptors (Lipinski definition) is 7. The summed E-state index contributed by atoms with van der Waals surface area (Å²) in [6, 6.07) is 7.78. The van der Waals surface area contributed by atoms with Crippen molar-refractivity contribution < 1.29 is 19.4 Å². The van der Waals surface area contributed by atoms with Gasteiger partial charge in [-0.15, -0.1) is 11.3 Å². The number of benzene rings is 1. The van der Waals surface area contributed by atoms with E-state index in [-0.39, 0.29) is 29.7 Å². The average molecular weight is 482 g/mol. The molecule has 3 aromatic rings. The number of pyridine rings is 1. The van der Waals surface area contributed by atoms with E-state index in [0.29, 0.717) is 5.56 Å². The molecule has 2 bridgehead atoms. The first kappa shape index (κ1) is 22.6. The fraction of sp³-hybridized carbons (Fsp3) is 0.440. The topological polar surface area (TPSA) is 111 Å². The number of carbonyl (C=O) groups excluding carboxylic acids is 2. The smallest absolute Gasteiger partial charge is 0.325 e. The van der Waals surface area contributed by atoms with Crippen LogP contribution in [0.1, 0.15) is 78.5 Å². The number of nitrogens with one attached hydrogen (secondary N) is 1. The lowest BCUT2D eigenvalue weighted by Gasteiger charge is -2.23. The maximum absolute atomic E-state index is 13.6. The van der Waals surface area contributed by atoms with Gasteiger partial charge in [-0.3, -0.25) is 14.4 Å². The summed E-state index contributed by atoms with van der Waals surface area (Å²) < 4.78 is 7.86. The maximum atomic E-state index is 13.6. The first-order valence-corrected chi connectivity index (χ1v) is 12.3. The molecule has 1 fully saturated rings. The summed E-state index contributed by atoms with van der Waals surface area (Å²) in [5.74, 6) is -1.34. The third-order valence-electron chi connectivity index (χ3n) is 6.42. The van der Waals surface area contributed by atoms with Crippen LogP contribution in [0.5, 0.6) is 5.75 Å². The lowest BCUT2D eigenvalue weighted by atomic mass is 9.93. The zero-order valence-electron chi connectivity index (χ0n) is 19.4. The Bertz CT molecular complexity index is 1330. The highest BCUT2D eigenvalue weighted by Gasteiger charge is 2.43. The van der Waals surface area contributed by atoms with Gasteiger partial charge in [-0.2, -0.15) is 0 Å². The van der Waals surface area contributed by atoms with E-state index in [2.05, 4.69) is 10.3 Å². The van der Waals surface area contributed by atoms with Gasteiger partial charge in [0.05, 0.1) is 16.8 Å². The summed E-state index contributed by atoms with van der Waals surface area (Å²) in [7, 11) is 0. The number of ether oxygens (including phenoxy) is 1. The number of rotatable bonds is 5. The fourth-order valence-corrected chi connectivity index (χ4v) is 6.14. The predicted octanol–water partition coefficient (Wildman–Crippen LogP) is 3.65. The highest BCUT2D eigenvalue weighted by atomic mass is 32.1. The number of carbonyl (C=O) groups is 2. The molecule has 2 aliphatic rings. The number of aromatic hydroxyl groups is 1. The number of fused-ring (bicyclic) bond motifs is 6. The van der Waals surface area contributed by atoms with Crippen molar-refractivity contribution in [1.29, 1.82) is 0 Å². The molecule has 2 unspecified atom stereocenters. The van der Waals surface area contributed by atoms with E-state index < -0.39 is 29.6 Å². The number of amides is 1. The highest BCUT2D eigenvalue weighted by Crippen LogP contribution is 2.55. The van der Waals surface area contributed by atoms with Crippen LogP contribution in [-0.2, 0) is 16.1 Å². The normalized spacial score (nSPS) is 18.8. The minimum absolute atomic E-state index is 0.125. The van der Waals surface area contributed by atoms with Gasteiger partial charge in [0, 0.05) is 17.2 Å². The van der Waals surface area contributed by atoms with Crippen LogP contribution < -0.4 is 10.9 Å². The van der Waals surface area contributed by atoms with Crippen molar-refractivity contribution in [2.24, 2.45) is 0 Å². The van der Waals surface area contributed by atoms with Crippen LogP contribution in [-0.4, -0.2) is 38.7 Å². The molecule has 0 radical (unpaired) electrons. The molecule has 1 amide bonds. The second kappa shape index (κ2) is 8.23. The molecule has 178 valence electrons. The quantitative estimate of drug-likeness (QED) is 0.538. The molecule has 1 saturated carbocycles. The van der Waals surface area contributed by atoms with Crippen molar-refractivity contribution in [3.63, 3.8) is 0 Å². The van der Waals surface area contributed by atoms with E-state index in [1.54, 1.807) is 25.3 Å². The molecule has 5 rings (SSSR count). The highest BCUT2D eigenvalue weighted by molar-refractivity contribution is 7.18. The summed E-state index contributed by atoms with van der Waals surface area (Å²) in [5, 5.41) is 14.3.